The number of rotatable bonds is 5. The molecule has 1 heterocycles. The number of esters is 1. The summed E-state index contributed by atoms with van der Waals surface area (Å²) < 4.78 is 20.5. The lowest BCUT2D eigenvalue weighted by Crippen LogP contribution is -2.07. The molecule has 3 aromatic carbocycles. The molecule has 4 aromatic rings. The van der Waals surface area contributed by atoms with Crippen LogP contribution in [0.1, 0.15) is 11.1 Å². The molecule has 0 unspecified atom stereocenters. The van der Waals surface area contributed by atoms with E-state index in [1.807, 2.05) is 36.4 Å². The molecule has 0 saturated carbocycles. The van der Waals surface area contributed by atoms with Crippen molar-refractivity contribution in [3.8, 4) is 17.0 Å². The number of ether oxygens (including phenoxy) is 1. The van der Waals surface area contributed by atoms with Crippen LogP contribution < -0.4 is 0 Å². The number of phenolic OH excluding ortho intramolecular Hbond substituents is 1. The average molecular weight is 389 g/mol. The molecule has 1 N–H and O–H groups in total. The van der Waals surface area contributed by atoms with Gasteiger partial charge in [0.25, 0.3) is 0 Å². The van der Waals surface area contributed by atoms with Crippen molar-refractivity contribution >= 4 is 16.9 Å². The van der Waals surface area contributed by atoms with E-state index in [1.54, 1.807) is 24.3 Å². The van der Waals surface area contributed by atoms with Gasteiger partial charge in [0, 0.05) is 17.5 Å². The van der Waals surface area contributed by atoms with Gasteiger partial charge in [0.15, 0.2) is 0 Å². The van der Waals surface area contributed by atoms with Crippen molar-refractivity contribution in [1.82, 2.24) is 4.57 Å². The molecule has 0 aliphatic rings. The molecule has 0 amide bonds. The van der Waals surface area contributed by atoms with Gasteiger partial charge in [-0.3, -0.25) is 4.79 Å². The number of hydrogen-bond acceptors (Lipinski definition) is 3. The number of hydrogen-bond donors (Lipinski definition) is 1. The Labute approximate surface area is 167 Å². The van der Waals surface area contributed by atoms with E-state index in [9.17, 15) is 14.3 Å². The highest BCUT2D eigenvalue weighted by molar-refractivity contribution is 5.98. The second-order valence-electron chi connectivity index (χ2n) is 6.83. The smallest absolute Gasteiger partial charge is 0.310 e. The topological polar surface area (TPSA) is 51.5 Å². The first kappa shape index (κ1) is 18.7. The number of aromatic nitrogens is 1. The maximum Gasteiger partial charge on any atom is 0.310 e. The molecule has 0 saturated heterocycles. The lowest BCUT2D eigenvalue weighted by molar-refractivity contribution is -0.139. The lowest BCUT2D eigenvalue weighted by atomic mass is 10.0. The summed E-state index contributed by atoms with van der Waals surface area (Å²) >= 11 is 0. The summed E-state index contributed by atoms with van der Waals surface area (Å²) in [6, 6.07) is 21.3. The van der Waals surface area contributed by atoms with Crippen LogP contribution in [0.5, 0.6) is 5.75 Å². The summed E-state index contributed by atoms with van der Waals surface area (Å²) in [7, 11) is 1.34. The van der Waals surface area contributed by atoms with Crippen LogP contribution >= 0.6 is 0 Å². The number of carbonyl (C=O) groups excluding carboxylic acids is 1. The predicted octanol–water partition coefficient (Wildman–Crippen LogP) is 4.92. The SMILES string of the molecule is COC(=O)Cc1c(-c2ccc(F)cc2)n(Cc2ccccc2)c2cccc(O)c12. The van der Waals surface area contributed by atoms with Gasteiger partial charge in [-0.25, -0.2) is 4.39 Å². The first-order chi connectivity index (χ1) is 14.1. The molecular weight excluding hydrogens is 369 g/mol. The Hall–Kier alpha value is -3.60. The molecule has 4 nitrogen and oxygen atoms in total. The van der Waals surface area contributed by atoms with Gasteiger partial charge >= 0.3 is 5.97 Å². The van der Waals surface area contributed by atoms with Crippen molar-refractivity contribution in [2.24, 2.45) is 0 Å². The molecule has 4 rings (SSSR count). The van der Waals surface area contributed by atoms with Crippen LogP contribution in [-0.4, -0.2) is 22.8 Å². The fourth-order valence-corrected chi connectivity index (χ4v) is 3.72. The normalized spacial score (nSPS) is 11.0. The van der Waals surface area contributed by atoms with Gasteiger partial charge < -0.3 is 14.4 Å². The second kappa shape index (κ2) is 7.80. The fraction of sp³-hybridized carbons (Fsp3) is 0.125. The third kappa shape index (κ3) is 3.59. The van der Waals surface area contributed by atoms with Crippen molar-refractivity contribution in [3.05, 3.63) is 89.7 Å². The van der Waals surface area contributed by atoms with E-state index in [2.05, 4.69) is 4.57 Å². The van der Waals surface area contributed by atoms with Gasteiger partial charge in [-0.1, -0.05) is 36.4 Å². The first-order valence-corrected chi connectivity index (χ1v) is 9.28. The molecule has 146 valence electrons. The maximum atomic E-state index is 13.6. The van der Waals surface area contributed by atoms with Gasteiger partial charge in [-0.15, -0.1) is 0 Å². The molecular formula is C24H20FNO3. The van der Waals surface area contributed by atoms with Gasteiger partial charge in [-0.2, -0.15) is 0 Å². The summed E-state index contributed by atoms with van der Waals surface area (Å²) in [5, 5.41) is 11.2. The number of phenols is 1. The number of aromatic hydroxyl groups is 1. The molecule has 1 aromatic heterocycles. The number of methoxy groups -OCH3 is 1. The lowest BCUT2D eigenvalue weighted by Gasteiger charge is -2.13. The van der Waals surface area contributed by atoms with Crippen molar-refractivity contribution < 1.29 is 19.0 Å². The molecule has 0 aliphatic heterocycles. The Morgan fingerprint density at radius 3 is 2.41 bits per heavy atom. The largest absolute Gasteiger partial charge is 0.507 e. The highest BCUT2D eigenvalue weighted by atomic mass is 19.1. The van der Waals surface area contributed by atoms with Crippen molar-refractivity contribution in [2.45, 2.75) is 13.0 Å². The van der Waals surface area contributed by atoms with Gasteiger partial charge in [-0.05, 0) is 47.5 Å². The van der Waals surface area contributed by atoms with Gasteiger partial charge in [0.2, 0.25) is 0 Å². The van der Waals surface area contributed by atoms with Crippen molar-refractivity contribution in [2.75, 3.05) is 7.11 Å². The Bertz CT molecular complexity index is 1160. The minimum atomic E-state index is -0.407. The molecule has 5 heteroatoms. The van der Waals surface area contributed by atoms with Crippen LogP contribution in [0.4, 0.5) is 4.39 Å². The van der Waals surface area contributed by atoms with E-state index < -0.39 is 5.97 Å². The molecule has 29 heavy (non-hydrogen) atoms. The number of halogens is 1. The van der Waals surface area contributed by atoms with E-state index in [0.29, 0.717) is 17.5 Å². The number of fused-ring (bicyclic) bond motifs is 1. The van der Waals surface area contributed by atoms with Crippen molar-refractivity contribution in [1.29, 1.82) is 0 Å². The Kier molecular flexibility index (Phi) is 5.04. The van der Waals surface area contributed by atoms with Crippen LogP contribution in [0.25, 0.3) is 22.2 Å². The maximum absolute atomic E-state index is 13.6. The summed E-state index contributed by atoms with van der Waals surface area (Å²) in [5.41, 5.74) is 4.05. The van der Waals surface area contributed by atoms with Crippen LogP contribution in [0, 0.1) is 5.82 Å². The summed E-state index contributed by atoms with van der Waals surface area (Å²) in [4.78, 5) is 12.2. The molecule has 0 atom stereocenters. The van der Waals surface area contributed by atoms with Crippen molar-refractivity contribution in [3.63, 3.8) is 0 Å². The van der Waals surface area contributed by atoms with E-state index in [4.69, 9.17) is 4.74 Å². The number of benzene rings is 3. The minimum Gasteiger partial charge on any atom is -0.507 e. The van der Waals surface area contributed by atoms with E-state index in [-0.39, 0.29) is 18.0 Å². The van der Waals surface area contributed by atoms with E-state index in [1.165, 1.54) is 19.2 Å². The third-order valence-corrected chi connectivity index (χ3v) is 5.02. The fourth-order valence-electron chi connectivity index (χ4n) is 3.72. The monoisotopic (exact) mass is 389 g/mol. The highest BCUT2D eigenvalue weighted by Gasteiger charge is 2.23. The Morgan fingerprint density at radius 2 is 1.72 bits per heavy atom. The zero-order valence-corrected chi connectivity index (χ0v) is 15.9. The molecule has 0 aliphatic carbocycles. The summed E-state index contributed by atoms with van der Waals surface area (Å²) in [6.45, 7) is 0.536. The average Bonchev–Trinajstić information content (AvgIpc) is 3.03. The van der Waals surface area contributed by atoms with Crippen LogP contribution in [-0.2, 0) is 22.5 Å². The molecule has 0 spiro atoms. The zero-order valence-electron chi connectivity index (χ0n) is 15.9. The third-order valence-electron chi connectivity index (χ3n) is 5.02. The van der Waals surface area contributed by atoms with E-state index >= 15 is 0 Å². The van der Waals surface area contributed by atoms with Crippen LogP contribution in [0.2, 0.25) is 0 Å². The Morgan fingerprint density at radius 1 is 1.00 bits per heavy atom. The highest BCUT2D eigenvalue weighted by Crippen LogP contribution is 2.39. The van der Waals surface area contributed by atoms with Crippen LogP contribution in [0.15, 0.2) is 72.8 Å². The molecule has 0 bridgehead atoms. The standard InChI is InChI=1S/C24H20FNO3/c1-29-22(28)14-19-23-20(8-5-9-21(23)27)26(15-16-6-3-2-4-7-16)24(19)17-10-12-18(25)13-11-17/h2-13,27H,14-15H2,1H3. The van der Waals surface area contributed by atoms with Gasteiger partial charge in [0.05, 0.1) is 24.7 Å². The Balaban J connectivity index is 2.02. The quantitative estimate of drug-likeness (QED) is 0.493. The zero-order chi connectivity index (χ0) is 20.4. The second-order valence-corrected chi connectivity index (χ2v) is 6.83. The summed E-state index contributed by atoms with van der Waals surface area (Å²) in [6.07, 6.45) is -0.000920. The molecule has 0 radical (unpaired) electrons. The molecule has 0 fully saturated rings. The predicted molar refractivity (Wildman–Crippen MR) is 110 cm³/mol. The van der Waals surface area contributed by atoms with E-state index in [0.717, 1.165) is 22.3 Å². The number of nitrogens with zero attached hydrogens (tertiary/aromatic N) is 1. The minimum absolute atomic E-state index is 0.000920. The van der Waals surface area contributed by atoms with Gasteiger partial charge in [0.1, 0.15) is 11.6 Å². The van der Waals surface area contributed by atoms with Crippen LogP contribution in [0.3, 0.4) is 0 Å². The first-order valence-electron chi connectivity index (χ1n) is 9.28. The summed E-state index contributed by atoms with van der Waals surface area (Å²) in [5.74, 6) is -0.649. The number of carbonyl (C=O) groups is 1.